The summed E-state index contributed by atoms with van der Waals surface area (Å²) >= 11 is 0. The van der Waals surface area contributed by atoms with Gasteiger partial charge >= 0.3 is 44.4 Å². The van der Waals surface area contributed by atoms with Crippen LogP contribution in [0.5, 0.6) is 5.75 Å². The smallest absolute Gasteiger partial charge is 0.394 e. The van der Waals surface area contributed by atoms with Crippen molar-refractivity contribution in [1.82, 2.24) is 0 Å². The van der Waals surface area contributed by atoms with Crippen molar-refractivity contribution in [3.05, 3.63) is 107 Å². The number of nitrogen functional groups attached to an aromatic ring is 1. The molecule has 3 aromatic carbocycles. The number of phenolic OH excluding ortho intramolecular Hbond substituents is 1. The van der Waals surface area contributed by atoms with E-state index in [2.05, 4.69) is 4.98 Å². The number of nitrogens with zero attached hydrogens (tertiary/aromatic N) is 5. The van der Waals surface area contributed by atoms with E-state index in [1.165, 1.54) is 6.07 Å². The van der Waals surface area contributed by atoms with Gasteiger partial charge in [-0.25, -0.2) is 14.4 Å². The molecule has 0 radical (unpaired) electrons. The summed E-state index contributed by atoms with van der Waals surface area (Å²) in [5, 5.41) is 73.9. The number of carbonyl (C=O) groups is 3. The third-order valence-corrected chi connectivity index (χ3v) is 4.38. The Morgan fingerprint density at radius 3 is 1.24 bits per heavy atom. The van der Waals surface area contributed by atoms with Gasteiger partial charge in [-0.2, -0.15) is 16.8 Å². The molecule has 0 atom stereocenters. The number of diazo groups is 1. The standard InChI is InChI=1S/C7H3N3O4.C7H6N2O4.C7H5NO5.2H2O4S/c8-9-4-1-2-5(7(11)12)6(3-4)10(13)14;8-4-1-2-5(7(10)11)6(3-4)9(12)13;9-4-1-2-5(7(10)11)6(3-4)8(12)13;2*1-5(2,3)4/h1-3H;1-3H,8H2,(H,10,11);1-3,9H,(H,10,11);2*(H2,1,2,3,4)/p+1. The van der Waals surface area contributed by atoms with Crippen LogP contribution >= 0.6 is 0 Å². The summed E-state index contributed by atoms with van der Waals surface area (Å²) in [5.41, 5.74) is 2.40. The molecule has 10 N–H and O–H groups in total. The number of phenols is 1. The number of nitro groups is 3. The Morgan fingerprint density at radius 2 is 0.920 bits per heavy atom. The summed E-state index contributed by atoms with van der Waals surface area (Å²) in [7, 11) is -9.33. The Morgan fingerprint density at radius 1 is 0.620 bits per heavy atom. The number of anilines is 1. The number of rotatable bonds is 6. The molecule has 0 aliphatic carbocycles. The number of hydrogen-bond donors (Lipinski definition) is 9. The van der Waals surface area contributed by atoms with E-state index in [4.69, 9.17) is 66.6 Å². The molecule has 29 heteroatoms. The molecule has 0 unspecified atom stereocenters. The molecule has 0 saturated heterocycles. The van der Waals surface area contributed by atoms with E-state index in [0.717, 1.165) is 48.5 Å². The summed E-state index contributed by atoms with van der Waals surface area (Å²) in [4.78, 5) is 62.8. The predicted octanol–water partition coefficient (Wildman–Crippen LogP) is 2.35. The van der Waals surface area contributed by atoms with E-state index in [1.54, 1.807) is 0 Å². The molecule has 0 bridgehead atoms. The molecule has 270 valence electrons. The van der Waals surface area contributed by atoms with Crippen LogP contribution in [-0.2, 0) is 20.8 Å². The summed E-state index contributed by atoms with van der Waals surface area (Å²) in [6.07, 6.45) is 0. The summed E-state index contributed by atoms with van der Waals surface area (Å²) < 4.78 is 63.2. The van der Waals surface area contributed by atoms with Crippen molar-refractivity contribution in [1.29, 1.82) is 5.39 Å². The van der Waals surface area contributed by atoms with Gasteiger partial charge in [-0.1, -0.05) is 0 Å². The lowest BCUT2D eigenvalue weighted by molar-refractivity contribution is -0.385. The molecule has 0 aromatic heterocycles. The lowest BCUT2D eigenvalue weighted by Crippen LogP contribution is -2.03. The van der Waals surface area contributed by atoms with Crippen molar-refractivity contribution in [3.63, 3.8) is 0 Å². The first kappa shape index (κ1) is 45.2. The third kappa shape index (κ3) is 19.5. The number of hydrogen-bond acceptors (Lipinski definition) is 16. The Labute approximate surface area is 275 Å². The minimum Gasteiger partial charge on any atom is -0.508 e. The van der Waals surface area contributed by atoms with Gasteiger partial charge in [-0.15, -0.1) is 0 Å². The van der Waals surface area contributed by atoms with E-state index in [-0.39, 0.29) is 22.7 Å². The zero-order chi connectivity index (χ0) is 39.7. The normalized spacial score (nSPS) is 9.82. The largest absolute Gasteiger partial charge is 0.508 e. The van der Waals surface area contributed by atoms with E-state index in [9.17, 15) is 44.7 Å². The number of carboxylic acids is 3. The molecule has 0 aliphatic rings. The van der Waals surface area contributed by atoms with Gasteiger partial charge in [0.15, 0.2) is 4.98 Å². The van der Waals surface area contributed by atoms with E-state index in [0.29, 0.717) is 0 Å². The van der Waals surface area contributed by atoms with Crippen molar-refractivity contribution in [2.75, 3.05) is 5.73 Å². The van der Waals surface area contributed by atoms with Crippen LogP contribution in [0.4, 0.5) is 28.4 Å². The van der Waals surface area contributed by atoms with Gasteiger partial charge in [0.2, 0.25) is 5.39 Å². The maximum Gasteiger partial charge on any atom is 0.394 e. The summed E-state index contributed by atoms with van der Waals surface area (Å²) in [6.45, 7) is 0. The maximum absolute atomic E-state index is 10.5. The number of aromatic hydroxyl groups is 1. The summed E-state index contributed by atoms with van der Waals surface area (Å²) in [6, 6.07) is 9.33. The van der Waals surface area contributed by atoms with E-state index >= 15 is 0 Å². The Kier molecular flexibility index (Phi) is 17.7. The minimum absolute atomic E-state index is 0.0679. The van der Waals surface area contributed by atoms with Crippen LogP contribution in [-0.4, -0.2) is 88.2 Å². The molecule has 0 heterocycles. The third-order valence-electron chi connectivity index (χ3n) is 4.38. The quantitative estimate of drug-likeness (QED) is 0.0573. The van der Waals surface area contributed by atoms with Crippen molar-refractivity contribution in [2.45, 2.75) is 0 Å². The van der Waals surface area contributed by atoms with Crippen LogP contribution in [0.1, 0.15) is 31.1 Å². The molecular weight excluding hydrogens is 736 g/mol. The molecule has 0 aliphatic heterocycles. The lowest BCUT2D eigenvalue weighted by Gasteiger charge is -1.98. The number of nitro benzene ring substituents is 3. The minimum atomic E-state index is -4.67. The van der Waals surface area contributed by atoms with Gasteiger partial charge in [0, 0.05) is 17.8 Å². The zero-order valence-electron chi connectivity index (χ0n) is 23.7. The van der Waals surface area contributed by atoms with Crippen LogP contribution in [0.15, 0.2) is 54.6 Å². The van der Waals surface area contributed by atoms with Crippen LogP contribution < -0.4 is 5.73 Å². The van der Waals surface area contributed by atoms with Crippen molar-refractivity contribution in [2.24, 2.45) is 0 Å². The molecule has 0 saturated carbocycles. The molecule has 3 rings (SSSR count). The first-order valence-corrected chi connectivity index (χ1v) is 14.1. The van der Waals surface area contributed by atoms with Crippen molar-refractivity contribution in [3.8, 4) is 5.75 Å². The van der Waals surface area contributed by atoms with Gasteiger partial charge in [0.25, 0.3) is 17.1 Å². The van der Waals surface area contributed by atoms with Gasteiger partial charge in [-0.3, -0.25) is 48.6 Å². The number of carboxylic acid groups (broad SMARTS) is 3. The van der Waals surface area contributed by atoms with Gasteiger partial charge in [-0.05, 0) is 30.3 Å². The molecule has 50 heavy (non-hydrogen) atoms. The highest BCUT2D eigenvalue weighted by atomic mass is 32.3. The van der Waals surface area contributed by atoms with Crippen molar-refractivity contribution < 1.29 is 84.6 Å². The SMILES string of the molecule is N#[N+]c1ccc(C(=O)O)c([N+](=O)[O-])c1.Nc1ccc(C(=O)O)c([N+](=O)[O-])c1.O=C(O)c1ccc(O)cc1[N+](=O)[O-].O=S(=O)(O)O.O=S(=O)(O)O. The molecular formula is C21H19N6O21S2+. The fraction of sp³-hybridized carbons (Fsp3) is 0. The molecule has 0 spiro atoms. The van der Waals surface area contributed by atoms with E-state index < -0.39 is 81.7 Å². The lowest BCUT2D eigenvalue weighted by atomic mass is 10.1. The first-order valence-electron chi connectivity index (χ1n) is 11.3. The fourth-order valence-corrected chi connectivity index (χ4v) is 2.65. The Balaban J connectivity index is 0. The second kappa shape index (κ2) is 19.6. The van der Waals surface area contributed by atoms with Gasteiger partial charge < -0.3 is 26.2 Å². The topological polar surface area (TPSA) is 465 Å². The number of aromatic carboxylic acids is 3. The highest BCUT2D eigenvalue weighted by Crippen LogP contribution is 2.25. The molecule has 0 amide bonds. The van der Waals surface area contributed by atoms with Crippen LogP contribution in [0.25, 0.3) is 4.98 Å². The van der Waals surface area contributed by atoms with Crippen LogP contribution in [0.2, 0.25) is 0 Å². The second-order valence-electron chi connectivity index (χ2n) is 7.86. The maximum atomic E-state index is 10.5. The molecule has 0 fully saturated rings. The number of benzene rings is 3. The van der Waals surface area contributed by atoms with Gasteiger partial charge in [0.05, 0.1) is 20.8 Å². The van der Waals surface area contributed by atoms with Crippen LogP contribution in [0, 0.1) is 35.7 Å². The summed E-state index contributed by atoms with van der Waals surface area (Å²) in [5.74, 6) is -4.48. The zero-order valence-corrected chi connectivity index (χ0v) is 25.3. The van der Waals surface area contributed by atoms with E-state index in [1.807, 2.05) is 0 Å². The average molecular weight is 756 g/mol. The molecule has 3 aromatic rings. The monoisotopic (exact) mass is 755 g/mol. The first-order chi connectivity index (χ1) is 22.6. The highest BCUT2D eigenvalue weighted by molar-refractivity contribution is 7.80. The number of nitrogens with two attached hydrogens (primary N) is 1. The van der Waals surface area contributed by atoms with Crippen molar-refractivity contribution >= 4 is 67.1 Å². The van der Waals surface area contributed by atoms with Gasteiger partial charge in [0.1, 0.15) is 28.5 Å². The Bertz CT molecular complexity index is 1930. The second-order valence-corrected chi connectivity index (χ2v) is 9.65. The fourth-order valence-electron chi connectivity index (χ4n) is 2.65. The highest BCUT2D eigenvalue weighted by Gasteiger charge is 2.24. The Hall–Kier alpha value is -6.97. The average Bonchev–Trinajstić information content (AvgIpc) is 2.95. The van der Waals surface area contributed by atoms with Crippen LogP contribution in [0.3, 0.4) is 0 Å². The molecule has 27 nitrogen and oxygen atoms in total. The predicted molar refractivity (Wildman–Crippen MR) is 159 cm³/mol.